The number of carbonyl (C=O) groups excluding carboxylic acids is 1. The number of halogens is 3. The van der Waals surface area contributed by atoms with Crippen molar-refractivity contribution in [3.05, 3.63) is 37.8 Å². The molecule has 1 aliphatic rings. The normalized spacial score (nSPS) is 13.8. The molecule has 0 bridgehead atoms. The molecule has 1 amide bonds. The van der Waals surface area contributed by atoms with Crippen molar-refractivity contribution in [2.45, 2.75) is 25.4 Å². The molecule has 1 aromatic carbocycles. The molecule has 6 nitrogen and oxygen atoms in total. The van der Waals surface area contributed by atoms with Gasteiger partial charge in [0.1, 0.15) is 5.75 Å². The zero-order valence-corrected chi connectivity index (χ0v) is 15.4. The SMILES string of the molecule is O=C(COc1cc(Cl)c(Cl)cc1Cl)NCc1n[nH]c(=S)n1C1CC1. The molecule has 2 N–H and O–H groups in total. The highest BCUT2D eigenvalue weighted by Gasteiger charge is 2.27. The second-order valence-corrected chi connectivity index (χ2v) is 6.92. The predicted molar refractivity (Wildman–Crippen MR) is 94.5 cm³/mol. The molecule has 1 aromatic heterocycles. The molecule has 2 aromatic rings. The Morgan fingerprint density at radius 1 is 1.33 bits per heavy atom. The molecule has 0 aliphatic heterocycles. The van der Waals surface area contributed by atoms with Crippen molar-refractivity contribution in [1.82, 2.24) is 20.1 Å². The van der Waals surface area contributed by atoms with Gasteiger partial charge in [0.05, 0.1) is 21.6 Å². The van der Waals surface area contributed by atoms with Crippen molar-refractivity contribution in [3.63, 3.8) is 0 Å². The van der Waals surface area contributed by atoms with Gasteiger partial charge < -0.3 is 10.1 Å². The van der Waals surface area contributed by atoms with Crippen molar-refractivity contribution in [2.24, 2.45) is 0 Å². The van der Waals surface area contributed by atoms with Crippen LogP contribution in [0.25, 0.3) is 0 Å². The molecule has 1 aliphatic carbocycles. The van der Waals surface area contributed by atoms with Crippen LogP contribution in [0.4, 0.5) is 0 Å². The first kappa shape index (κ1) is 17.5. The standard InChI is InChI=1S/C14H13Cl3N4O2S/c15-8-3-10(17)11(4-9(8)16)23-6-13(22)18-5-12-19-20-14(24)21(12)7-1-2-7/h3-4,7H,1-2,5-6H2,(H,18,22)(H,20,24). The number of nitrogens with zero attached hydrogens (tertiary/aromatic N) is 2. The van der Waals surface area contributed by atoms with Gasteiger partial charge in [-0.3, -0.25) is 14.5 Å². The summed E-state index contributed by atoms with van der Waals surface area (Å²) in [5.74, 6) is 0.679. The molecule has 3 rings (SSSR count). The van der Waals surface area contributed by atoms with Gasteiger partial charge in [-0.1, -0.05) is 34.8 Å². The lowest BCUT2D eigenvalue weighted by Gasteiger charge is -2.10. The van der Waals surface area contributed by atoms with Crippen LogP contribution in [0.3, 0.4) is 0 Å². The van der Waals surface area contributed by atoms with Gasteiger partial charge in [0.2, 0.25) is 0 Å². The number of hydrogen-bond acceptors (Lipinski definition) is 4. The number of ether oxygens (including phenoxy) is 1. The summed E-state index contributed by atoms with van der Waals surface area (Å²) in [5.41, 5.74) is 0. The zero-order chi connectivity index (χ0) is 17.3. The molecular weight excluding hydrogens is 395 g/mol. The zero-order valence-electron chi connectivity index (χ0n) is 12.3. The van der Waals surface area contributed by atoms with Crippen molar-refractivity contribution < 1.29 is 9.53 Å². The van der Waals surface area contributed by atoms with Crippen molar-refractivity contribution in [2.75, 3.05) is 6.61 Å². The number of hydrogen-bond donors (Lipinski definition) is 2. The number of H-pyrrole nitrogens is 1. The van der Waals surface area contributed by atoms with E-state index >= 15 is 0 Å². The average Bonchev–Trinajstić information content (AvgIpc) is 3.30. The summed E-state index contributed by atoms with van der Waals surface area (Å²) >= 11 is 22.9. The van der Waals surface area contributed by atoms with Crippen LogP contribution in [0.5, 0.6) is 5.75 Å². The van der Waals surface area contributed by atoms with Crippen molar-refractivity contribution in [3.8, 4) is 5.75 Å². The summed E-state index contributed by atoms with van der Waals surface area (Å²) in [6.45, 7) is 0.0627. The van der Waals surface area contributed by atoms with Gasteiger partial charge in [0.25, 0.3) is 5.91 Å². The van der Waals surface area contributed by atoms with Gasteiger partial charge in [-0.15, -0.1) is 0 Å². The first-order valence-corrected chi connectivity index (χ1v) is 8.69. The third-order valence-corrected chi connectivity index (χ3v) is 4.77. The Bertz CT molecular complexity index is 832. The average molecular weight is 408 g/mol. The number of aromatic amines is 1. The van der Waals surface area contributed by atoms with Crippen LogP contribution in [-0.4, -0.2) is 27.3 Å². The first-order chi connectivity index (χ1) is 11.5. The molecule has 1 saturated carbocycles. The minimum Gasteiger partial charge on any atom is -0.482 e. The Balaban J connectivity index is 1.55. The van der Waals surface area contributed by atoms with E-state index in [4.69, 9.17) is 51.8 Å². The van der Waals surface area contributed by atoms with Crippen LogP contribution in [0.2, 0.25) is 15.1 Å². The first-order valence-electron chi connectivity index (χ1n) is 7.15. The number of carbonyl (C=O) groups is 1. The molecule has 0 radical (unpaired) electrons. The Morgan fingerprint density at radius 3 is 2.75 bits per heavy atom. The Hall–Kier alpha value is -1.28. The fourth-order valence-corrected chi connectivity index (χ4v) is 3.05. The Kier molecular flexibility index (Phi) is 5.34. The van der Waals surface area contributed by atoms with E-state index in [1.807, 2.05) is 4.57 Å². The lowest BCUT2D eigenvalue weighted by atomic mass is 10.3. The second-order valence-electron chi connectivity index (χ2n) is 5.31. The summed E-state index contributed by atoms with van der Waals surface area (Å²) in [7, 11) is 0. The fraction of sp³-hybridized carbons (Fsp3) is 0.357. The highest BCUT2D eigenvalue weighted by molar-refractivity contribution is 7.71. The maximum Gasteiger partial charge on any atom is 0.258 e. The molecule has 0 atom stereocenters. The van der Waals surface area contributed by atoms with Crippen LogP contribution in [0.1, 0.15) is 24.7 Å². The molecule has 0 unspecified atom stereocenters. The van der Waals surface area contributed by atoms with E-state index in [2.05, 4.69) is 15.5 Å². The van der Waals surface area contributed by atoms with Crippen LogP contribution in [-0.2, 0) is 11.3 Å². The molecule has 24 heavy (non-hydrogen) atoms. The van der Waals surface area contributed by atoms with E-state index in [0.717, 1.165) is 12.8 Å². The smallest absolute Gasteiger partial charge is 0.258 e. The van der Waals surface area contributed by atoms with E-state index in [-0.39, 0.29) is 24.1 Å². The van der Waals surface area contributed by atoms with Crippen molar-refractivity contribution >= 4 is 52.9 Å². The summed E-state index contributed by atoms with van der Waals surface area (Å²) in [5, 5.41) is 10.5. The summed E-state index contributed by atoms with van der Waals surface area (Å²) in [4.78, 5) is 11.9. The largest absolute Gasteiger partial charge is 0.482 e. The van der Waals surface area contributed by atoms with Crippen LogP contribution >= 0.6 is 47.0 Å². The number of aromatic nitrogens is 3. The monoisotopic (exact) mass is 406 g/mol. The van der Waals surface area contributed by atoms with Crippen LogP contribution < -0.4 is 10.1 Å². The van der Waals surface area contributed by atoms with E-state index in [1.165, 1.54) is 12.1 Å². The minimum atomic E-state index is -0.312. The third-order valence-electron chi connectivity index (χ3n) is 3.47. The lowest BCUT2D eigenvalue weighted by molar-refractivity contribution is -0.123. The van der Waals surface area contributed by atoms with E-state index in [9.17, 15) is 4.79 Å². The number of rotatable bonds is 6. The van der Waals surface area contributed by atoms with E-state index in [0.29, 0.717) is 32.4 Å². The molecule has 0 saturated heterocycles. The molecule has 1 fully saturated rings. The predicted octanol–water partition coefficient (Wildman–Crippen LogP) is 3.93. The fourth-order valence-electron chi connectivity index (χ4n) is 2.16. The van der Waals surface area contributed by atoms with Gasteiger partial charge >= 0.3 is 0 Å². The van der Waals surface area contributed by atoms with E-state index < -0.39 is 0 Å². The minimum absolute atomic E-state index is 0.202. The second kappa shape index (κ2) is 7.31. The van der Waals surface area contributed by atoms with Gasteiger partial charge in [0.15, 0.2) is 17.2 Å². The van der Waals surface area contributed by atoms with Gasteiger partial charge in [0, 0.05) is 12.1 Å². The topological polar surface area (TPSA) is 71.9 Å². The third kappa shape index (κ3) is 4.03. The highest BCUT2D eigenvalue weighted by Crippen LogP contribution is 2.36. The van der Waals surface area contributed by atoms with E-state index in [1.54, 1.807) is 0 Å². The quantitative estimate of drug-likeness (QED) is 0.562. The van der Waals surface area contributed by atoms with Gasteiger partial charge in [-0.2, -0.15) is 5.10 Å². The Morgan fingerprint density at radius 2 is 2.04 bits per heavy atom. The molecular formula is C14H13Cl3N4O2S. The number of benzene rings is 1. The highest BCUT2D eigenvalue weighted by atomic mass is 35.5. The number of amides is 1. The maximum absolute atomic E-state index is 11.9. The molecule has 128 valence electrons. The molecule has 0 spiro atoms. The summed E-state index contributed by atoms with van der Waals surface area (Å²) in [6.07, 6.45) is 2.15. The Labute approximate surface area is 158 Å². The lowest BCUT2D eigenvalue weighted by Crippen LogP contribution is -2.29. The summed E-state index contributed by atoms with van der Waals surface area (Å²) < 4.78 is 7.88. The van der Waals surface area contributed by atoms with Crippen LogP contribution in [0.15, 0.2) is 12.1 Å². The van der Waals surface area contributed by atoms with Gasteiger partial charge in [-0.05, 0) is 31.1 Å². The van der Waals surface area contributed by atoms with Gasteiger partial charge in [-0.25, -0.2) is 0 Å². The molecule has 1 heterocycles. The van der Waals surface area contributed by atoms with Crippen LogP contribution in [0, 0.1) is 4.77 Å². The molecule has 10 heteroatoms. The van der Waals surface area contributed by atoms with Crippen molar-refractivity contribution in [1.29, 1.82) is 0 Å². The number of nitrogens with one attached hydrogen (secondary N) is 2. The summed E-state index contributed by atoms with van der Waals surface area (Å²) in [6, 6.07) is 3.32. The maximum atomic E-state index is 11.9.